The molecule has 1 amide bonds. The van der Waals surface area contributed by atoms with Gasteiger partial charge >= 0.3 is 6.36 Å². The summed E-state index contributed by atoms with van der Waals surface area (Å²) in [4.78, 5) is 27.6. The number of benzene rings is 2. The van der Waals surface area contributed by atoms with Crippen molar-refractivity contribution >= 4 is 17.3 Å². The fourth-order valence-electron chi connectivity index (χ4n) is 3.92. The normalized spacial score (nSPS) is 14.0. The molecule has 1 fully saturated rings. The van der Waals surface area contributed by atoms with Crippen molar-refractivity contribution in [2.45, 2.75) is 13.3 Å². The lowest BCUT2D eigenvalue weighted by Crippen LogP contribution is -2.40. The largest absolute Gasteiger partial charge is 0.573 e. The monoisotopic (exact) mass is 489 g/mol. The van der Waals surface area contributed by atoms with Gasteiger partial charge in [0.15, 0.2) is 0 Å². The number of hydrogen-bond donors (Lipinski definition) is 1. The van der Waals surface area contributed by atoms with Gasteiger partial charge in [0.2, 0.25) is 0 Å². The van der Waals surface area contributed by atoms with E-state index in [2.05, 4.69) is 10.1 Å². The van der Waals surface area contributed by atoms with Crippen LogP contribution < -0.4 is 20.5 Å². The van der Waals surface area contributed by atoms with Crippen LogP contribution in [0, 0.1) is 6.92 Å². The molecule has 0 spiro atoms. The minimum absolute atomic E-state index is 0. The third-order valence-electron chi connectivity index (χ3n) is 5.65. The summed E-state index contributed by atoms with van der Waals surface area (Å²) in [7, 11) is 1.68. The zero-order valence-corrected chi connectivity index (χ0v) is 19.2. The van der Waals surface area contributed by atoms with Crippen LogP contribution in [0.2, 0.25) is 0 Å². The van der Waals surface area contributed by atoms with Crippen molar-refractivity contribution in [2.75, 3.05) is 36.5 Å². The second kappa shape index (κ2) is 9.83. The SMILES string of the molecule is Cc1ccc(C(=O)Nc2cccc(OC(F)(F)F)c2)cc1-c1cc(N2CCOCC2)c(=O)n(C)c1.[HH]. The topological polar surface area (TPSA) is 72.8 Å². The standard InChI is InChI=1S/C25H24F3N3O4.H2/c1-16-6-7-17(23(32)29-19-4-3-5-20(14-19)35-25(26,27)28)12-21(16)18-13-22(24(33)30(2)15-18)31-8-10-34-11-9-31;/h3-7,12-15H,8-11H2,1-2H3,(H,29,32);1H. The molecule has 0 radical (unpaired) electrons. The third kappa shape index (κ3) is 5.83. The number of amides is 1. The summed E-state index contributed by atoms with van der Waals surface area (Å²) >= 11 is 0. The Labute approximate surface area is 201 Å². The summed E-state index contributed by atoms with van der Waals surface area (Å²) in [6, 6.07) is 12.0. The molecule has 2 aromatic carbocycles. The molecule has 35 heavy (non-hydrogen) atoms. The first-order chi connectivity index (χ1) is 16.6. The first-order valence-electron chi connectivity index (χ1n) is 10.9. The van der Waals surface area contributed by atoms with Gasteiger partial charge in [-0.15, -0.1) is 13.2 Å². The predicted molar refractivity (Wildman–Crippen MR) is 128 cm³/mol. The van der Waals surface area contributed by atoms with Gasteiger partial charge < -0.3 is 24.3 Å². The molecular weight excluding hydrogens is 463 g/mol. The molecule has 0 atom stereocenters. The van der Waals surface area contributed by atoms with Crippen LogP contribution in [-0.2, 0) is 11.8 Å². The van der Waals surface area contributed by atoms with Crippen molar-refractivity contribution in [1.29, 1.82) is 0 Å². The van der Waals surface area contributed by atoms with Crippen molar-refractivity contribution in [3.63, 3.8) is 0 Å². The summed E-state index contributed by atoms with van der Waals surface area (Å²) in [5.41, 5.74) is 3.34. The van der Waals surface area contributed by atoms with Crippen LogP contribution in [0.1, 0.15) is 17.3 Å². The quantitative estimate of drug-likeness (QED) is 0.568. The Morgan fingerprint density at radius 1 is 1.11 bits per heavy atom. The maximum atomic E-state index is 12.9. The van der Waals surface area contributed by atoms with Crippen LogP contribution in [-0.4, -0.2) is 43.1 Å². The van der Waals surface area contributed by atoms with Gasteiger partial charge in [-0.1, -0.05) is 12.1 Å². The van der Waals surface area contributed by atoms with Crippen LogP contribution in [0.15, 0.2) is 59.5 Å². The second-order valence-electron chi connectivity index (χ2n) is 8.19. The van der Waals surface area contributed by atoms with E-state index in [4.69, 9.17) is 4.74 Å². The number of carbonyl (C=O) groups excluding carboxylic acids is 1. The van der Waals surface area contributed by atoms with Crippen LogP contribution >= 0.6 is 0 Å². The number of morpholine rings is 1. The number of hydrogen-bond acceptors (Lipinski definition) is 5. The van der Waals surface area contributed by atoms with Crippen molar-refractivity contribution in [3.05, 3.63) is 76.2 Å². The average molecular weight is 489 g/mol. The number of nitrogens with zero attached hydrogens (tertiary/aromatic N) is 2. The van der Waals surface area contributed by atoms with Crippen LogP contribution in [0.25, 0.3) is 11.1 Å². The molecule has 0 saturated carbocycles. The number of carbonyl (C=O) groups is 1. The van der Waals surface area contributed by atoms with E-state index >= 15 is 0 Å². The number of ether oxygens (including phenoxy) is 2. The van der Waals surface area contributed by atoms with Gasteiger partial charge in [-0.2, -0.15) is 0 Å². The van der Waals surface area contributed by atoms with Crippen molar-refractivity contribution in [2.24, 2.45) is 7.05 Å². The molecule has 1 aliphatic heterocycles. The Balaban J connectivity index is 0.00000361. The third-order valence-corrected chi connectivity index (χ3v) is 5.65. The molecule has 2 heterocycles. The smallest absolute Gasteiger partial charge is 0.406 e. The highest BCUT2D eigenvalue weighted by molar-refractivity contribution is 6.05. The second-order valence-corrected chi connectivity index (χ2v) is 8.19. The lowest BCUT2D eigenvalue weighted by Gasteiger charge is -2.29. The van der Waals surface area contributed by atoms with Crippen LogP contribution in [0.3, 0.4) is 0 Å². The van der Waals surface area contributed by atoms with Crippen LogP contribution in [0.5, 0.6) is 5.75 Å². The Bertz CT molecular complexity index is 1300. The van der Waals surface area contributed by atoms with Gasteiger partial charge in [-0.3, -0.25) is 9.59 Å². The van der Waals surface area contributed by atoms with Gasteiger partial charge in [0.25, 0.3) is 11.5 Å². The first-order valence-corrected chi connectivity index (χ1v) is 10.9. The Hall–Kier alpha value is -3.79. The van der Waals surface area contributed by atoms with E-state index in [1.165, 1.54) is 16.7 Å². The molecular formula is C25H26F3N3O4. The summed E-state index contributed by atoms with van der Waals surface area (Å²) in [5, 5.41) is 2.60. The first kappa shape index (κ1) is 24.3. The Morgan fingerprint density at radius 3 is 2.57 bits per heavy atom. The number of aromatic nitrogens is 1. The summed E-state index contributed by atoms with van der Waals surface area (Å²) in [5.74, 6) is -0.922. The minimum Gasteiger partial charge on any atom is -0.406 e. The van der Waals surface area contributed by atoms with E-state index < -0.39 is 18.0 Å². The molecule has 4 rings (SSSR count). The fourth-order valence-corrected chi connectivity index (χ4v) is 3.92. The average Bonchev–Trinajstić information content (AvgIpc) is 2.81. The Morgan fingerprint density at radius 2 is 1.86 bits per heavy atom. The summed E-state index contributed by atoms with van der Waals surface area (Å²) < 4.78 is 48.3. The van der Waals surface area contributed by atoms with Crippen molar-refractivity contribution < 1.29 is 28.9 Å². The van der Waals surface area contributed by atoms with Crippen molar-refractivity contribution in [3.8, 4) is 16.9 Å². The van der Waals surface area contributed by atoms with E-state index in [1.807, 2.05) is 17.9 Å². The number of pyridine rings is 1. The van der Waals surface area contributed by atoms with Gasteiger partial charge in [0.1, 0.15) is 11.4 Å². The zero-order chi connectivity index (χ0) is 25.2. The summed E-state index contributed by atoms with van der Waals surface area (Å²) in [6.45, 7) is 4.19. The molecule has 186 valence electrons. The van der Waals surface area contributed by atoms with E-state index in [0.717, 1.165) is 28.8 Å². The van der Waals surface area contributed by atoms with Gasteiger partial charge in [0, 0.05) is 50.6 Å². The molecule has 0 unspecified atom stereocenters. The molecule has 1 N–H and O–H groups in total. The van der Waals surface area contributed by atoms with E-state index in [0.29, 0.717) is 37.6 Å². The van der Waals surface area contributed by atoms with Crippen molar-refractivity contribution in [1.82, 2.24) is 4.57 Å². The number of rotatable bonds is 5. The highest BCUT2D eigenvalue weighted by atomic mass is 19.4. The number of nitrogens with one attached hydrogen (secondary N) is 1. The molecule has 0 bridgehead atoms. The number of anilines is 2. The molecule has 1 saturated heterocycles. The number of aryl methyl sites for hydroxylation is 2. The molecule has 10 heteroatoms. The number of halogens is 3. The molecule has 1 aromatic heterocycles. The molecule has 7 nitrogen and oxygen atoms in total. The maximum Gasteiger partial charge on any atom is 0.573 e. The van der Waals surface area contributed by atoms with E-state index in [9.17, 15) is 22.8 Å². The van der Waals surface area contributed by atoms with E-state index in [1.54, 1.807) is 31.4 Å². The minimum atomic E-state index is -4.83. The highest BCUT2D eigenvalue weighted by Crippen LogP contribution is 2.28. The number of alkyl halides is 3. The van der Waals surface area contributed by atoms with Gasteiger partial charge in [-0.05, 0) is 48.4 Å². The lowest BCUT2D eigenvalue weighted by atomic mass is 9.98. The van der Waals surface area contributed by atoms with Gasteiger partial charge in [-0.25, -0.2) is 0 Å². The van der Waals surface area contributed by atoms with Crippen LogP contribution in [0.4, 0.5) is 24.5 Å². The highest BCUT2D eigenvalue weighted by Gasteiger charge is 2.31. The lowest BCUT2D eigenvalue weighted by molar-refractivity contribution is -0.274. The zero-order valence-electron chi connectivity index (χ0n) is 19.2. The summed E-state index contributed by atoms with van der Waals surface area (Å²) in [6.07, 6.45) is -3.11. The molecule has 0 aliphatic carbocycles. The van der Waals surface area contributed by atoms with E-state index in [-0.39, 0.29) is 12.7 Å². The maximum absolute atomic E-state index is 12.9. The van der Waals surface area contributed by atoms with Gasteiger partial charge in [0.05, 0.1) is 13.2 Å². The molecule has 3 aromatic rings. The Kier molecular flexibility index (Phi) is 6.83. The predicted octanol–water partition coefficient (Wildman–Crippen LogP) is 4.59. The fraction of sp³-hybridized carbons (Fsp3) is 0.280. The molecule has 1 aliphatic rings.